The van der Waals surface area contributed by atoms with E-state index in [9.17, 15) is 14.9 Å². The number of benzene rings is 2. The normalized spacial score (nSPS) is 11.0. The second-order valence-corrected chi connectivity index (χ2v) is 5.86. The fourth-order valence-electron chi connectivity index (χ4n) is 2.90. The molecule has 0 radical (unpaired) electrons. The minimum Gasteiger partial charge on any atom is -0.495 e. The first kappa shape index (κ1) is 16.6. The van der Waals surface area contributed by atoms with Gasteiger partial charge in [-0.05, 0) is 22.0 Å². The molecule has 0 saturated heterocycles. The molecule has 27 heavy (non-hydrogen) atoms. The van der Waals surface area contributed by atoms with Gasteiger partial charge in [0.25, 0.3) is 0 Å². The Kier molecular flexibility index (Phi) is 3.96. The van der Waals surface area contributed by atoms with E-state index in [0.717, 1.165) is 16.4 Å². The fourth-order valence-corrected chi connectivity index (χ4v) is 2.90. The highest BCUT2D eigenvalue weighted by molar-refractivity contribution is 6.07. The van der Waals surface area contributed by atoms with Gasteiger partial charge in [-0.15, -0.1) is 0 Å². The number of imidazole rings is 1. The minimum atomic E-state index is -0.618. The molecule has 0 fully saturated rings. The number of aromatic nitrogens is 2. The third kappa shape index (κ3) is 3.06. The van der Waals surface area contributed by atoms with Crippen molar-refractivity contribution >= 4 is 39.4 Å². The average Bonchev–Trinajstić information content (AvgIpc) is 3.25. The lowest BCUT2D eigenvalue weighted by atomic mass is 10.1. The molecule has 1 N–H and O–H groups in total. The number of carbonyl (C=O) groups excluding carboxylic acids is 1. The molecule has 4 aromatic rings. The number of para-hydroxylation sites is 1. The Hall–Kier alpha value is -3.88. The van der Waals surface area contributed by atoms with E-state index in [4.69, 9.17) is 9.15 Å². The molecule has 2 aromatic heterocycles. The van der Waals surface area contributed by atoms with Gasteiger partial charge in [0.1, 0.15) is 29.7 Å². The van der Waals surface area contributed by atoms with Crippen LogP contribution in [0.15, 0.2) is 53.3 Å². The molecule has 4 rings (SSSR count). The zero-order valence-corrected chi connectivity index (χ0v) is 14.2. The zero-order chi connectivity index (χ0) is 19.0. The molecule has 136 valence electrons. The first-order valence-corrected chi connectivity index (χ1v) is 8.00. The number of hydrogen-bond donors (Lipinski definition) is 1. The van der Waals surface area contributed by atoms with Crippen LogP contribution in [0.25, 0.3) is 21.9 Å². The smallest absolute Gasteiger partial charge is 0.381 e. The van der Waals surface area contributed by atoms with E-state index in [1.807, 2.05) is 24.3 Å². The van der Waals surface area contributed by atoms with Crippen molar-refractivity contribution in [3.8, 4) is 5.75 Å². The number of fused-ring (bicyclic) bond motifs is 3. The SMILES string of the molecule is COc1cc2c(cc1NC(=O)Cn1cnc([N+](=O)[O-])c1)oc1ccccc12. The monoisotopic (exact) mass is 366 g/mol. The van der Waals surface area contributed by atoms with Crippen molar-refractivity contribution < 1.29 is 18.9 Å². The van der Waals surface area contributed by atoms with Crippen molar-refractivity contribution in [2.75, 3.05) is 12.4 Å². The quantitative estimate of drug-likeness (QED) is 0.428. The van der Waals surface area contributed by atoms with Crippen LogP contribution in [0, 0.1) is 10.1 Å². The number of amides is 1. The van der Waals surface area contributed by atoms with E-state index >= 15 is 0 Å². The first-order valence-electron chi connectivity index (χ1n) is 8.00. The maximum atomic E-state index is 12.3. The van der Waals surface area contributed by atoms with Crippen LogP contribution in [-0.4, -0.2) is 27.5 Å². The molecule has 0 spiro atoms. The summed E-state index contributed by atoms with van der Waals surface area (Å²) in [5, 5.41) is 15.3. The van der Waals surface area contributed by atoms with Crippen LogP contribution >= 0.6 is 0 Å². The standard InChI is InChI=1S/C18H14N4O5/c1-26-16-6-12-11-4-2-3-5-14(11)27-15(12)7-13(16)20-18(23)9-21-8-17(19-10-21)22(24)25/h2-8,10H,9H2,1H3,(H,20,23). The van der Waals surface area contributed by atoms with Gasteiger partial charge in [-0.25, -0.2) is 0 Å². The Morgan fingerprint density at radius 3 is 2.85 bits per heavy atom. The summed E-state index contributed by atoms with van der Waals surface area (Å²) < 4.78 is 12.6. The van der Waals surface area contributed by atoms with Crippen molar-refractivity contribution in [3.63, 3.8) is 0 Å². The molecule has 0 atom stereocenters. The number of furan rings is 1. The number of methoxy groups -OCH3 is 1. The highest BCUT2D eigenvalue weighted by Crippen LogP contribution is 2.36. The van der Waals surface area contributed by atoms with Gasteiger partial charge in [-0.2, -0.15) is 0 Å². The topological polar surface area (TPSA) is 112 Å². The Bertz CT molecular complexity index is 1180. The number of nitro groups is 1. The van der Waals surface area contributed by atoms with Crippen LogP contribution in [0.3, 0.4) is 0 Å². The van der Waals surface area contributed by atoms with Crippen molar-refractivity contribution in [1.82, 2.24) is 9.55 Å². The van der Waals surface area contributed by atoms with Gasteiger partial charge in [0, 0.05) is 16.8 Å². The Labute approximate surface area is 152 Å². The van der Waals surface area contributed by atoms with E-state index in [-0.39, 0.29) is 18.3 Å². The number of nitrogens with zero attached hydrogens (tertiary/aromatic N) is 3. The molecule has 0 unspecified atom stereocenters. The molecule has 9 heteroatoms. The molecule has 0 saturated carbocycles. The molecular formula is C18H14N4O5. The fraction of sp³-hybridized carbons (Fsp3) is 0.111. The van der Waals surface area contributed by atoms with Crippen molar-refractivity contribution in [2.24, 2.45) is 0 Å². The lowest BCUT2D eigenvalue weighted by Crippen LogP contribution is -2.18. The number of ether oxygens (including phenoxy) is 1. The molecule has 0 aliphatic rings. The molecule has 2 heterocycles. The molecule has 0 aliphatic heterocycles. The van der Waals surface area contributed by atoms with Crippen LogP contribution in [0.2, 0.25) is 0 Å². The van der Waals surface area contributed by atoms with Crippen molar-refractivity contribution in [3.05, 3.63) is 59.0 Å². The highest BCUT2D eigenvalue weighted by atomic mass is 16.6. The predicted molar refractivity (Wildman–Crippen MR) is 97.8 cm³/mol. The molecule has 0 aliphatic carbocycles. The molecular weight excluding hydrogens is 352 g/mol. The molecule has 0 bridgehead atoms. The number of nitrogens with one attached hydrogen (secondary N) is 1. The first-order chi connectivity index (χ1) is 13.0. The summed E-state index contributed by atoms with van der Waals surface area (Å²) in [7, 11) is 1.51. The summed E-state index contributed by atoms with van der Waals surface area (Å²) in [5.74, 6) is -0.209. The van der Waals surface area contributed by atoms with Crippen LogP contribution in [-0.2, 0) is 11.3 Å². The largest absolute Gasteiger partial charge is 0.495 e. The van der Waals surface area contributed by atoms with Crippen molar-refractivity contribution in [1.29, 1.82) is 0 Å². The maximum Gasteiger partial charge on any atom is 0.381 e. The average molecular weight is 366 g/mol. The van der Waals surface area contributed by atoms with E-state index < -0.39 is 4.92 Å². The molecule has 9 nitrogen and oxygen atoms in total. The highest BCUT2D eigenvalue weighted by Gasteiger charge is 2.16. The maximum absolute atomic E-state index is 12.3. The number of hydrogen-bond acceptors (Lipinski definition) is 6. The van der Waals surface area contributed by atoms with Gasteiger partial charge in [0.15, 0.2) is 0 Å². The summed E-state index contributed by atoms with van der Waals surface area (Å²) in [6.07, 6.45) is 2.43. The second-order valence-electron chi connectivity index (χ2n) is 5.86. The van der Waals surface area contributed by atoms with Crippen LogP contribution in [0.1, 0.15) is 0 Å². The van der Waals surface area contributed by atoms with Gasteiger partial charge >= 0.3 is 5.82 Å². The van der Waals surface area contributed by atoms with Gasteiger partial charge in [-0.3, -0.25) is 4.79 Å². The molecule has 2 aromatic carbocycles. The third-order valence-electron chi connectivity index (χ3n) is 4.11. The lowest BCUT2D eigenvalue weighted by molar-refractivity contribution is -0.389. The van der Waals surface area contributed by atoms with Gasteiger partial charge in [-0.1, -0.05) is 18.2 Å². The van der Waals surface area contributed by atoms with E-state index in [2.05, 4.69) is 10.3 Å². The molecule has 1 amide bonds. The summed E-state index contributed by atoms with van der Waals surface area (Å²) >= 11 is 0. The number of anilines is 1. The van der Waals surface area contributed by atoms with E-state index in [1.165, 1.54) is 24.2 Å². The summed E-state index contributed by atoms with van der Waals surface area (Å²) in [4.78, 5) is 26.0. The second kappa shape index (κ2) is 6.45. The van der Waals surface area contributed by atoms with E-state index in [1.54, 1.807) is 12.1 Å². The Morgan fingerprint density at radius 1 is 1.30 bits per heavy atom. The summed E-state index contributed by atoms with van der Waals surface area (Å²) in [6.45, 7) is -0.123. The van der Waals surface area contributed by atoms with Crippen LogP contribution in [0.5, 0.6) is 5.75 Å². The summed E-state index contributed by atoms with van der Waals surface area (Å²) in [6, 6.07) is 11.1. The number of rotatable bonds is 5. The predicted octanol–water partition coefficient (Wildman–Crippen LogP) is 3.34. The Balaban J connectivity index is 1.62. The van der Waals surface area contributed by atoms with Gasteiger partial charge < -0.3 is 29.2 Å². The van der Waals surface area contributed by atoms with E-state index in [0.29, 0.717) is 17.0 Å². The zero-order valence-electron chi connectivity index (χ0n) is 14.2. The minimum absolute atomic E-state index is 0.123. The lowest BCUT2D eigenvalue weighted by Gasteiger charge is -2.10. The third-order valence-corrected chi connectivity index (χ3v) is 4.11. The van der Waals surface area contributed by atoms with Gasteiger partial charge in [0.05, 0.1) is 12.8 Å². The number of carbonyl (C=O) groups is 1. The van der Waals surface area contributed by atoms with Crippen LogP contribution < -0.4 is 10.1 Å². The van der Waals surface area contributed by atoms with Crippen LogP contribution in [0.4, 0.5) is 11.5 Å². The summed E-state index contributed by atoms with van der Waals surface area (Å²) in [5.41, 5.74) is 1.80. The Morgan fingerprint density at radius 2 is 2.11 bits per heavy atom. The van der Waals surface area contributed by atoms with Crippen molar-refractivity contribution in [2.45, 2.75) is 6.54 Å². The van der Waals surface area contributed by atoms with Gasteiger partial charge in [0.2, 0.25) is 12.2 Å².